The normalized spacial score (nSPS) is 15.8. The van der Waals surface area contributed by atoms with Crippen LogP contribution >= 0.6 is 0 Å². The van der Waals surface area contributed by atoms with Crippen molar-refractivity contribution in [2.45, 2.75) is 26.7 Å². The zero-order valence-electron chi connectivity index (χ0n) is 6.98. The second-order valence-electron chi connectivity index (χ2n) is 2.77. The summed E-state index contributed by atoms with van der Waals surface area (Å²) >= 11 is 0. The third kappa shape index (κ3) is 2.84. The molecule has 0 amide bonds. The first kappa shape index (κ1) is 9.45. The highest BCUT2D eigenvalue weighted by Gasteiger charge is 2.20. The highest BCUT2D eigenvalue weighted by molar-refractivity contribution is 4.93. The Balaban J connectivity index is 3.72. The van der Waals surface area contributed by atoms with Gasteiger partial charge in [-0.05, 0) is 19.8 Å². The van der Waals surface area contributed by atoms with E-state index in [4.69, 9.17) is 10.00 Å². The van der Waals surface area contributed by atoms with Crippen LogP contribution in [0.1, 0.15) is 26.7 Å². The molecule has 0 heterocycles. The van der Waals surface area contributed by atoms with E-state index in [0.717, 1.165) is 12.8 Å². The molecule has 58 valence electrons. The first-order chi connectivity index (χ1) is 4.68. The van der Waals surface area contributed by atoms with Crippen molar-refractivity contribution in [3.05, 3.63) is 0 Å². The topological polar surface area (TPSA) is 33.0 Å². The fourth-order valence-electron chi connectivity index (χ4n) is 0.639. The minimum atomic E-state index is -0.185. The second-order valence-corrected chi connectivity index (χ2v) is 2.77. The zero-order valence-corrected chi connectivity index (χ0v) is 6.98. The van der Waals surface area contributed by atoms with Crippen LogP contribution in [0.25, 0.3) is 0 Å². The van der Waals surface area contributed by atoms with Gasteiger partial charge in [-0.3, -0.25) is 0 Å². The molecule has 0 aromatic carbocycles. The van der Waals surface area contributed by atoms with Gasteiger partial charge in [-0.2, -0.15) is 5.26 Å². The quantitative estimate of drug-likeness (QED) is 0.599. The molecule has 0 aliphatic heterocycles. The Morgan fingerprint density at radius 1 is 1.60 bits per heavy atom. The van der Waals surface area contributed by atoms with Crippen LogP contribution in [0.15, 0.2) is 0 Å². The summed E-state index contributed by atoms with van der Waals surface area (Å²) in [5.41, 5.74) is -0.185. The summed E-state index contributed by atoms with van der Waals surface area (Å²) < 4.78 is 4.89. The molecular formula is C8H15NO. The summed E-state index contributed by atoms with van der Waals surface area (Å²) in [7, 11) is 1.66. The molecule has 0 aliphatic rings. The molecule has 10 heavy (non-hydrogen) atoms. The van der Waals surface area contributed by atoms with Crippen LogP contribution in [-0.4, -0.2) is 13.7 Å². The summed E-state index contributed by atoms with van der Waals surface area (Å²) in [6.45, 7) is 4.67. The van der Waals surface area contributed by atoms with Crippen molar-refractivity contribution >= 4 is 0 Å². The molecule has 0 rings (SSSR count). The maximum Gasteiger partial charge on any atom is 0.0687 e. The highest BCUT2D eigenvalue weighted by atomic mass is 16.5. The van der Waals surface area contributed by atoms with E-state index in [-0.39, 0.29) is 5.41 Å². The fourth-order valence-corrected chi connectivity index (χ4v) is 0.639. The molecule has 0 aromatic heterocycles. The van der Waals surface area contributed by atoms with Crippen molar-refractivity contribution in [1.29, 1.82) is 5.26 Å². The Labute approximate surface area is 62.8 Å². The Morgan fingerprint density at radius 2 is 2.20 bits per heavy atom. The molecule has 1 atom stereocenters. The van der Waals surface area contributed by atoms with E-state index in [1.807, 2.05) is 13.8 Å². The molecule has 0 N–H and O–H groups in total. The van der Waals surface area contributed by atoms with Gasteiger partial charge in [-0.15, -0.1) is 0 Å². The van der Waals surface area contributed by atoms with Gasteiger partial charge in [-0.1, -0.05) is 6.92 Å². The molecule has 0 bridgehead atoms. The number of hydrogen-bond acceptors (Lipinski definition) is 2. The van der Waals surface area contributed by atoms with E-state index in [2.05, 4.69) is 6.07 Å². The Kier molecular flexibility index (Phi) is 4.06. The van der Waals surface area contributed by atoms with Crippen LogP contribution in [0.3, 0.4) is 0 Å². The molecular weight excluding hydrogens is 126 g/mol. The summed E-state index contributed by atoms with van der Waals surface area (Å²) in [6.07, 6.45) is 1.73. The van der Waals surface area contributed by atoms with Gasteiger partial charge in [0.05, 0.1) is 11.5 Å². The number of nitrogens with zero attached hydrogens (tertiary/aromatic N) is 1. The van der Waals surface area contributed by atoms with Crippen molar-refractivity contribution < 1.29 is 4.74 Å². The van der Waals surface area contributed by atoms with Crippen molar-refractivity contribution in [3.63, 3.8) is 0 Å². The molecule has 0 spiro atoms. The molecule has 0 fully saturated rings. The van der Waals surface area contributed by atoms with Crippen molar-refractivity contribution in [2.75, 3.05) is 13.7 Å². The lowest BCUT2D eigenvalue weighted by Crippen LogP contribution is -2.14. The van der Waals surface area contributed by atoms with Crippen LogP contribution < -0.4 is 0 Å². The average Bonchev–Trinajstić information content (AvgIpc) is 2.00. The number of hydrogen-bond donors (Lipinski definition) is 0. The van der Waals surface area contributed by atoms with Gasteiger partial charge in [-0.25, -0.2) is 0 Å². The van der Waals surface area contributed by atoms with Gasteiger partial charge in [0.25, 0.3) is 0 Å². The predicted octanol–water partition coefficient (Wildman–Crippen LogP) is 1.96. The van der Waals surface area contributed by atoms with Gasteiger partial charge in [0, 0.05) is 13.7 Å². The number of rotatable bonds is 4. The SMILES string of the molecule is CCC(C)(C#N)CCOC. The maximum absolute atomic E-state index is 8.71. The fraction of sp³-hybridized carbons (Fsp3) is 0.875. The zero-order chi connectivity index (χ0) is 8.04. The van der Waals surface area contributed by atoms with E-state index in [0.29, 0.717) is 6.61 Å². The molecule has 0 aliphatic carbocycles. The molecule has 0 radical (unpaired) electrons. The minimum absolute atomic E-state index is 0.185. The van der Waals surface area contributed by atoms with Gasteiger partial charge in [0.1, 0.15) is 0 Å². The maximum atomic E-state index is 8.71. The average molecular weight is 141 g/mol. The van der Waals surface area contributed by atoms with E-state index >= 15 is 0 Å². The molecule has 2 nitrogen and oxygen atoms in total. The third-order valence-electron chi connectivity index (χ3n) is 1.91. The van der Waals surface area contributed by atoms with E-state index in [1.165, 1.54) is 0 Å². The summed E-state index contributed by atoms with van der Waals surface area (Å²) in [6, 6.07) is 2.28. The first-order valence-corrected chi connectivity index (χ1v) is 3.58. The molecule has 1 unspecified atom stereocenters. The van der Waals surface area contributed by atoms with Crippen LogP contribution in [0.4, 0.5) is 0 Å². The van der Waals surface area contributed by atoms with E-state index in [9.17, 15) is 0 Å². The molecule has 0 aromatic rings. The smallest absolute Gasteiger partial charge is 0.0687 e. The van der Waals surface area contributed by atoms with Crippen LogP contribution in [-0.2, 0) is 4.74 Å². The largest absolute Gasteiger partial charge is 0.385 e. The van der Waals surface area contributed by atoms with Gasteiger partial charge in [0.2, 0.25) is 0 Å². The Bertz CT molecular complexity index is 128. The summed E-state index contributed by atoms with van der Waals surface area (Å²) in [5.74, 6) is 0. The van der Waals surface area contributed by atoms with E-state index in [1.54, 1.807) is 7.11 Å². The van der Waals surface area contributed by atoms with Gasteiger partial charge in [0.15, 0.2) is 0 Å². The second kappa shape index (κ2) is 4.29. The molecule has 0 saturated carbocycles. The predicted molar refractivity (Wildman–Crippen MR) is 40.5 cm³/mol. The van der Waals surface area contributed by atoms with Crippen molar-refractivity contribution in [3.8, 4) is 6.07 Å². The highest BCUT2D eigenvalue weighted by Crippen LogP contribution is 2.23. The lowest BCUT2D eigenvalue weighted by atomic mass is 9.86. The van der Waals surface area contributed by atoms with Gasteiger partial charge < -0.3 is 4.74 Å². The lowest BCUT2D eigenvalue weighted by Gasteiger charge is -2.17. The summed E-state index contributed by atoms with van der Waals surface area (Å²) in [5, 5.41) is 8.71. The van der Waals surface area contributed by atoms with Crippen molar-refractivity contribution in [1.82, 2.24) is 0 Å². The summed E-state index contributed by atoms with van der Waals surface area (Å²) in [4.78, 5) is 0. The first-order valence-electron chi connectivity index (χ1n) is 3.58. The number of methoxy groups -OCH3 is 1. The third-order valence-corrected chi connectivity index (χ3v) is 1.91. The standard InChI is InChI=1S/C8H15NO/c1-4-8(2,7-9)5-6-10-3/h4-6H2,1-3H3. The Morgan fingerprint density at radius 3 is 2.50 bits per heavy atom. The van der Waals surface area contributed by atoms with E-state index < -0.39 is 0 Å². The van der Waals surface area contributed by atoms with Crippen LogP contribution in [0.2, 0.25) is 0 Å². The van der Waals surface area contributed by atoms with Gasteiger partial charge >= 0.3 is 0 Å². The van der Waals surface area contributed by atoms with Crippen molar-refractivity contribution in [2.24, 2.45) is 5.41 Å². The monoisotopic (exact) mass is 141 g/mol. The van der Waals surface area contributed by atoms with Crippen LogP contribution in [0.5, 0.6) is 0 Å². The number of nitriles is 1. The minimum Gasteiger partial charge on any atom is -0.385 e. The lowest BCUT2D eigenvalue weighted by molar-refractivity contribution is 0.163. The van der Waals surface area contributed by atoms with Crippen LogP contribution in [0, 0.1) is 16.7 Å². The Hall–Kier alpha value is -0.550. The molecule has 2 heteroatoms. The molecule has 0 saturated heterocycles. The number of ether oxygens (including phenoxy) is 1.